The fourth-order valence-corrected chi connectivity index (χ4v) is 2.29. The molecule has 2 N–H and O–H groups in total. The van der Waals surface area contributed by atoms with Crippen molar-refractivity contribution < 1.29 is 23.9 Å². The number of halogens is 1. The summed E-state index contributed by atoms with van der Waals surface area (Å²) in [7, 11) is 1.36. The summed E-state index contributed by atoms with van der Waals surface area (Å²) in [4.78, 5) is 34.5. The number of nitrogens with one attached hydrogen (secondary N) is 2. The predicted molar refractivity (Wildman–Crippen MR) is 92.6 cm³/mol. The smallest absolute Gasteiger partial charge is 0.344 e. The number of hydrogen-bond donors (Lipinski definition) is 2. The highest BCUT2D eigenvalue weighted by molar-refractivity contribution is 6.35. The van der Waals surface area contributed by atoms with Crippen LogP contribution < -0.4 is 15.4 Å². The van der Waals surface area contributed by atoms with E-state index in [1.165, 1.54) is 14.0 Å². The van der Waals surface area contributed by atoms with E-state index in [0.29, 0.717) is 10.8 Å². The molecular weight excluding hydrogens is 348 g/mol. The first-order valence-corrected chi connectivity index (χ1v) is 7.82. The zero-order valence-corrected chi connectivity index (χ0v) is 14.4. The van der Waals surface area contributed by atoms with Crippen LogP contribution in [-0.4, -0.2) is 37.7 Å². The van der Waals surface area contributed by atoms with Crippen molar-refractivity contribution >= 4 is 40.3 Å². The van der Waals surface area contributed by atoms with E-state index in [2.05, 4.69) is 5.32 Å². The number of fused-ring (bicyclic) bond motifs is 1. The van der Waals surface area contributed by atoms with E-state index < -0.39 is 24.0 Å². The molecule has 2 aromatic carbocycles. The molecule has 0 aliphatic rings. The van der Waals surface area contributed by atoms with Crippen molar-refractivity contribution in [3.8, 4) is 5.75 Å². The standard InChI is InChI=1S/C17H17ClN2O5/c1-10(16(22)20-17(23)19-2)25-15(21)9-24-14-8-7-13(18)11-5-3-4-6-12(11)14/h3-8,10H,9H2,1-2H3,(H2,19,20,22,23)/t10-/m0/s1. The summed E-state index contributed by atoms with van der Waals surface area (Å²) in [5.74, 6) is -0.998. The number of carbonyl (C=O) groups is 3. The van der Waals surface area contributed by atoms with Gasteiger partial charge in [-0.3, -0.25) is 10.1 Å². The molecule has 0 aliphatic heterocycles. The molecule has 0 aliphatic carbocycles. The largest absolute Gasteiger partial charge is 0.481 e. The van der Waals surface area contributed by atoms with Crippen LogP contribution >= 0.6 is 11.6 Å². The molecule has 2 aromatic rings. The molecule has 0 aromatic heterocycles. The normalized spacial score (nSPS) is 11.5. The van der Waals surface area contributed by atoms with Gasteiger partial charge < -0.3 is 14.8 Å². The van der Waals surface area contributed by atoms with Crippen molar-refractivity contribution in [3.63, 3.8) is 0 Å². The number of imide groups is 1. The van der Waals surface area contributed by atoms with E-state index in [1.807, 2.05) is 29.6 Å². The third-order valence-corrected chi connectivity index (χ3v) is 3.65. The maximum Gasteiger partial charge on any atom is 0.344 e. The molecule has 0 fully saturated rings. The predicted octanol–water partition coefficient (Wildman–Crippen LogP) is 2.26. The molecule has 0 saturated carbocycles. The van der Waals surface area contributed by atoms with Crippen LogP contribution in [0.3, 0.4) is 0 Å². The van der Waals surface area contributed by atoms with Crippen LogP contribution in [0, 0.1) is 0 Å². The Labute approximate surface area is 149 Å². The van der Waals surface area contributed by atoms with Crippen LogP contribution in [-0.2, 0) is 14.3 Å². The van der Waals surface area contributed by atoms with Gasteiger partial charge in [-0.25, -0.2) is 9.59 Å². The molecule has 0 saturated heterocycles. The third kappa shape index (κ3) is 4.84. The molecule has 2 rings (SSSR count). The number of hydrogen-bond acceptors (Lipinski definition) is 5. The quantitative estimate of drug-likeness (QED) is 0.794. The highest BCUT2D eigenvalue weighted by atomic mass is 35.5. The van der Waals surface area contributed by atoms with Gasteiger partial charge in [-0.2, -0.15) is 0 Å². The zero-order chi connectivity index (χ0) is 18.4. The summed E-state index contributed by atoms with van der Waals surface area (Å²) < 4.78 is 10.4. The summed E-state index contributed by atoms with van der Waals surface area (Å²) in [6.07, 6.45) is -1.13. The van der Waals surface area contributed by atoms with E-state index in [4.69, 9.17) is 21.1 Å². The molecule has 3 amide bonds. The molecule has 132 valence electrons. The molecule has 1 atom stereocenters. The van der Waals surface area contributed by atoms with E-state index in [9.17, 15) is 14.4 Å². The van der Waals surface area contributed by atoms with Gasteiger partial charge in [-0.1, -0.05) is 35.9 Å². The van der Waals surface area contributed by atoms with Crippen molar-refractivity contribution in [1.29, 1.82) is 0 Å². The first-order chi connectivity index (χ1) is 11.9. The Morgan fingerprint density at radius 2 is 1.80 bits per heavy atom. The van der Waals surface area contributed by atoms with Crippen LogP contribution in [0.15, 0.2) is 36.4 Å². The fourth-order valence-electron chi connectivity index (χ4n) is 2.06. The lowest BCUT2D eigenvalue weighted by Crippen LogP contribution is -2.43. The average Bonchev–Trinajstić information content (AvgIpc) is 2.61. The van der Waals surface area contributed by atoms with E-state index in [0.717, 1.165) is 10.8 Å². The summed E-state index contributed by atoms with van der Waals surface area (Å²) in [6, 6.07) is 9.98. The first-order valence-electron chi connectivity index (χ1n) is 7.44. The Bertz CT molecular complexity index is 809. The minimum absolute atomic E-state index is 0.386. The van der Waals surface area contributed by atoms with Gasteiger partial charge in [-0.15, -0.1) is 0 Å². The zero-order valence-electron chi connectivity index (χ0n) is 13.7. The number of urea groups is 1. The number of ether oxygens (including phenoxy) is 2. The molecule has 0 heterocycles. The van der Waals surface area contributed by atoms with Crippen LogP contribution in [0.1, 0.15) is 6.92 Å². The average molecular weight is 365 g/mol. The number of carbonyl (C=O) groups excluding carboxylic acids is 3. The van der Waals surface area contributed by atoms with Gasteiger partial charge in [0.2, 0.25) is 0 Å². The van der Waals surface area contributed by atoms with Crippen LogP contribution in [0.2, 0.25) is 5.02 Å². The minimum atomic E-state index is -1.13. The molecule has 0 bridgehead atoms. The van der Waals surface area contributed by atoms with Gasteiger partial charge in [0.15, 0.2) is 12.7 Å². The summed E-state index contributed by atoms with van der Waals surface area (Å²) in [5, 5.41) is 6.37. The molecular formula is C17H17ClN2O5. The van der Waals surface area contributed by atoms with Crippen molar-refractivity contribution in [2.24, 2.45) is 0 Å². The number of esters is 1. The van der Waals surface area contributed by atoms with Crippen LogP contribution in [0.25, 0.3) is 10.8 Å². The van der Waals surface area contributed by atoms with E-state index in [-0.39, 0.29) is 6.61 Å². The second-order valence-corrected chi connectivity index (χ2v) is 5.49. The molecule has 7 nitrogen and oxygen atoms in total. The van der Waals surface area contributed by atoms with Gasteiger partial charge in [0, 0.05) is 22.8 Å². The minimum Gasteiger partial charge on any atom is -0.481 e. The Hall–Kier alpha value is -2.80. The second kappa shape index (κ2) is 8.34. The monoisotopic (exact) mass is 364 g/mol. The van der Waals surface area contributed by atoms with Crippen molar-refractivity contribution in [2.45, 2.75) is 13.0 Å². The van der Waals surface area contributed by atoms with Gasteiger partial charge >= 0.3 is 12.0 Å². The van der Waals surface area contributed by atoms with Gasteiger partial charge in [0.05, 0.1) is 0 Å². The molecule has 25 heavy (non-hydrogen) atoms. The second-order valence-electron chi connectivity index (χ2n) is 5.08. The van der Waals surface area contributed by atoms with Gasteiger partial charge in [-0.05, 0) is 19.1 Å². The highest BCUT2D eigenvalue weighted by Crippen LogP contribution is 2.31. The number of rotatable bonds is 5. The Kier molecular flexibility index (Phi) is 6.19. The van der Waals surface area contributed by atoms with Crippen LogP contribution in [0.5, 0.6) is 5.75 Å². The van der Waals surface area contributed by atoms with Gasteiger partial charge in [0.25, 0.3) is 5.91 Å². The molecule has 8 heteroatoms. The molecule has 0 radical (unpaired) electrons. The lowest BCUT2D eigenvalue weighted by molar-refractivity contribution is -0.156. The van der Waals surface area contributed by atoms with E-state index in [1.54, 1.807) is 12.1 Å². The molecule has 0 unspecified atom stereocenters. The summed E-state index contributed by atoms with van der Waals surface area (Å²) >= 11 is 6.12. The topological polar surface area (TPSA) is 93.7 Å². The fraction of sp³-hybridized carbons (Fsp3) is 0.235. The van der Waals surface area contributed by atoms with Crippen molar-refractivity contribution in [1.82, 2.24) is 10.6 Å². The lowest BCUT2D eigenvalue weighted by Gasteiger charge is -2.14. The maximum atomic E-state index is 11.8. The molecule has 0 spiro atoms. The van der Waals surface area contributed by atoms with E-state index >= 15 is 0 Å². The van der Waals surface area contributed by atoms with Crippen LogP contribution in [0.4, 0.5) is 4.79 Å². The summed E-state index contributed by atoms with van der Waals surface area (Å²) in [5.41, 5.74) is 0. The van der Waals surface area contributed by atoms with Crippen molar-refractivity contribution in [3.05, 3.63) is 41.4 Å². The number of benzene rings is 2. The number of amides is 3. The Morgan fingerprint density at radius 3 is 2.48 bits per heavy atom. The lowest BCUT2D eigenvalue weighted by atomic mass is 10.1. The SMILES string of the molecule is CNC(=O)NC(=O)[C@H](C)OC(=O)COc1ccc(Cl)c2ccccc12. The summed E-state index contributed by atoms with van der Waals surface area (Å²) in [6.45, 7) is 0.969. The first kappa shape index (κ1) is 18.5. The third-order valence-electron chi connectivity index (χ3n) is 3.32. The Morgan fingerprint density at radius 1 is 1.12 bits per heavy atom. The Balaban J connectivity index is 1.95. The maximum absolute atomic E-state index is 11.8. The highest BCUT2D eigenvalue weighted by Gasteiger charge is 2.20. The van der Waals surface area contributed by atoms with Crippen molar-refractivity contribution in [2.75, 3.05) is 13.7 Å². The van der Waals surface area contributed by atoms with Gasteiger partial charge in [0.1, 0.15) is 5.75 Å².